The predicted molar refractivity (Wildman–Crippen MR) is 108 cm³/mol. The lowest BCUT2D eigenvalue weighted by Crippen LogP contribution is -2.51. The Morgan fingerprint density at radius 3 is 2.31 bits per heavy atom. The molecule has 0 aliphatic heterocycles. The fourth-order valence-electron chi connectivity index (χ4n) is 3.77. The minimum Gasteiger partial charge on any atom is -0.467 e. The number of esters is 1. The number of hydrogen-bond acceptors (Lipinski definition) is 5. The molecule has 0 heterocycles. The van der Waals surface area contributed by atoms with Crippen molar-refractivity contribution in [2.75, 3.05) is 21.2 Å². The van der Waals surface area contributed by atoms with E-state index in [0.717, 1.165) is 37.7 Å². The van der Waals surface area contributed by atoms with Crippen LogP contribution in [0.4, 0.5) is 0 Å². The van der Waals surface area contributed by atoms with Gasteiger partial charge in [0.25, 0.3) is 0 Å². The fourth-order valence-corrected chi connectivity index (χ4v) is 3.77. The van der Waals surface area contributed by atoms with E-state index in [1.165, 1.54) is 12.0 Å². The molecule has 0 radical (unpaired) electrons. The zero-order valence-electron chi connectivity index (χ0n) is 17.3. The number of benzene rings is 1. The fraction of sp³-hybridized carbons (Fsp3) is 0.545. The number of ether oxygens (including phenoxy) is 1. The third-order valence-corrected chi connectivity index (χ3v) is 5.45. The largest absolute Gasteiger partial charge is 0.467 e. The minimum absolute atomic E-state index is 0.0187. The van der Waals surface area contributed by atoms with Gasteiger partial charge in [0.1, 0.15) is 12.0 Å². The molecule has 1 fully saturated rings. The van der Waals surface area contributed by atoms with Gasteiger partial charge in [0.05, 0.1) is 18.7 Å². The smallest absolute Gasteiger partial charge is 0.328 e. The number of nitrogens with zero attached hydrogens (tertiary/aromatic N) is 2. The molecule has 0 spiro atoms. The van der Waals surface area contributed by atoms with E-state index in [4.69, 9.17) is 10.00 Å². The summed E-state index contributed by atoms with van der Waals surface area (Å²) in [6.07, 6.45) is 5.04. The van der Waals surface area contributed by atoms with Crippen molar-refractivity contribution < 1.29 is 19.1 Å². The summed E-state index contributed by atoms with van der Waals surface area (Å²) in [5, 5.41) is 11.7. The number of methoxy groups -OCH3 is 1. The highest BCUT2D eigenvalue weighted by Gasteiger charge is 2.36. The van der Waals surface area contributed by atoms with Gasteiger partial charge in [0, 0.05) is 14.1 Å². The molecule has 0 aromatic heterocycles. The summed E-state index contributed by atoms with van der Waals surface area (Å²) in [4.78, 5) is 39.5. The van der Waals surface area contributed by atoms with Crippen molar-refractivity contribution in [2.45, 2.75) is 44.6 Å². The summed E-state index contributed by atoms with van der Waals surface area (Å²) in [7, 11) is 4.50. The van der Waals surface area contributed by atoms with E-state index in [1.807, 2.05) is 6.07 Å². The van der Waals surface area contributed by atoms with Crippen molar-refractivity contribution in [1.29, 1.82) is 5.26 Å². The van der Waals surface area contributed by atoms with E-state index in [9.17, 15) is 14.4 Å². The van der Waals surface area contributed by atoms with Crippen LogP contribution in [-0.4, -0.2) is 49.9 Å². The number of carbonyl (C=O) groups is 3. The normalized spacial score (nSPS) is 16.2. The molecule has 29 heavy (non-hydrogen) atoms. The first-order valence-electron chi connectivity index (χ1n) is 9.95. The molecule has 0 saturated heterocycles. The minimum atomic E-state index is -0.964. The Hall–Kier alpha value is -2.88. The zero-order valence-corrected chi connectivity index (χ0v) is 17.3. The predicted octanol–water partition coefficient (Wildman–Crippen LogP) is 2.04. The summed E-state index contributed by atoms with van der Waals surface area (Å²) < 4.78 is 4.92. The molecule has 0 bridgehead atoms. The van der Waals surface area contributed by atoms with Gasteiger partial charge in [-0.3, -0.25) is 9.59 Å². The molecule has 1 N–H and O–H groups in total. The summed E-state index contributed by atoms with van der Waals surface area (Å²) in [6.45, 7) is 0. The molecule has 7 heteroatoms. The van der Waals surface area contributed by atoms with Crippen LogP contribution < -0.4 is 5.32 Å². The number of hydrogen-bond donors (Lipinski definition) is 1. The van der Waals surface area contributed by atoms with Gasteiger partial charge in [0.15, 0.2) is 0 Å². The maximum atomic E-state index is 13.1. The second-order valence-electron chi connectivity index (χ2n) is 7.71. The van der Waals surface area contributed by atoms with Gasteiger partial charge >= 0.3 is 5.97 Å². The van der Waals surface area contributed by atoms with Crippen molar-refractivity contribution in [3.8, 4) is 6.07 Å². The van der Waals surface area contributed by atoms with Gasteiger partial charge in [0.2, 0.25) is 11.8 Å². The van der Waals surface area contributed by atoms with E-state index >= 15 is 0 Å². The van der Waals surface area contributed by atoms with Gasteiger partial charge in [-0.1, -0.05) is 31.4 Å². The van der Waals surface area contributed by atoms with Crippen LogP contribution >= 0.6 is 0 Å². The van der Waals surface area contributed by atoms with Crippen LogP contribution in [0.1, 0.15) is 43.2 Å². The van der Waals surface area contributed by atoms with E-state index in [-0.39, 0.29) is 18.2 Å². The van der Waals surface area contributed by atoms with Gasteiger partial charge in [-0.2, -0.15) is 5.26 Å². The Morgan fingerprint density at radius 1 is 1.17 bits per heavy atom. The third-order valence-electron chi connectivity index (χ3n) is 5.45. The Bertz CT molecular complexity index is 761. The average Bonchev–Trinajstić information content (AvgIpc) is 2.75. The van der Waals surface area contributed by atoms with E-state index in [0.29, 0.717) is 5.56 Å². The first-order valence-corrected chi connectivity index (χ1v) is 9.95. The van der Waals surface area contributed by atoms with Gasteiger partial charge < -0.3 is 15.0 Å². The molecule has 1 aliphatic carbocycles. The Morgan fingerprint density at radius 2 is 1.79 bits per heavy atom. The van der Waals surface area contributed by atoms with Crippen LogP contribution in [0.3, 0.4) is 0 Å². The summed E-state index contributed by atoms with van der Waals surface area (Å²) in [5.41, 5.74) is 1.28. The van der Waals surface area contributed by atoms with E-state index in [2.05, 4.69) is 5.32 Å². The maximum Gasteiger partial charge on any atom is 0.328 e. The third kappa shape index (κ3) is 6.05. The van der Waals surface area contributed by atoms with Crippen molar-refractivity contribution in [2.24, 2.45) is 11.8 Å². The molecule has 1 aliphatic rings. The molecule has 1 aromatic carbocycles. The Labute approximate surface area is 172 Å². The quantitative estimate of drug-likeness (QED) is 0.559. The molecule has 2 rings (SSSR count). The molecular weight excluding hydrogens is 370 g/mol. The zero-order chi connectivity index (χ0) is 21.4. The van der Waals surface area contributed by atoms with Crippen LogP contribution in [-0.2, 0) is 25.5 Å². The topological polar surface area (TPSA) is 99.5 Å². The number of rotatable bonds is 7. The lowest BCUT2D eigenvalue weighted by Gasteiger charge is -2.30. The van der Waals surface area contributed by atoms with Crippen molar-refractivity contribution in [3.63, 3.8) is 0 Å². The average molecular weight is 399 g/mol. The van der Waals surface area contributed by atoms with Gasteiger partial charge in [-0.05, 0) is 42.9 Å². The van der Waals surface area contributed by atoms with Crippen LogP contribution in [0.5, 0.6) is 0 Å². The molecule has 7 nitrogen and oxygen atoms in total. The van der Waals surface area contributed by atoms with Crippen LogP contribution in [0.15, 0.2) is 24.3 Å². The second-order valence-corrected chi connectivity index (χ2v) is 7.71. The molecular formula is C22H29N3O4. The highest BCUT2D eigenvalue weighted by atomic mass is 16.5. The summed E-state index contributed by atoms with van der Waals surface area (Å²) in [6, 6.07) is 8.09. The van der Waals surface area contributed by atoms with E-state index in [1.54, 1.807) is 38.4 Å². The first-order chi connectivity index (χ1) is 13.9. The van der Waals surface area contributed by atoms with Crippen LogP contribution in [0.2, 0.25) is 0 Å². The lowest BCUT2D eigenvalue weighted by atomic mass is 9.83. The standard InChI is InChI=1S/C22H29N3O4/c1-25(2)21(27)18(13-15-9-11-16(14-23)12-10-15)20(26)24-19(22(28)29-3)17-7-5-4-6-8-17/h9-12,17-19H,4-8,13H2,1-3H3,(H,24,26)/t18-,19+/m1/s1. The first kappa shape index (κ1) is 22.4. The van der Waals surface area contributed by atoms with Crippen molar-refractivity contribution >= 4 is 17.8 Å². The van der Waals surface area contributed by atoms with Crippen LogP contribution in [0, 0.1) is 23.2 Å². The summed E-state index contributed by atoms with van der Waals surface area (Å²) >= 11 is 0. The highest BCUT2D eigenvalue weighted by Crippen LogP contribution is 2.27. The van der Waals surface area contributed by atoms with Gasteiger partial charge in [-0.25, -0.2) is 4.79 Å². The number of nitrogens with one attached hydrogen (secondary N) is 1. The summed E-state index contributed by atoms with van der Waals surface area (Å²) in [5.74, 6) is -2.23. The second kappa shape index (κ2) is 10.6. The van der Waals surface area contributed by atoms with E-state index < -0.39 is 23.8 Å². The monoisotopic (exact) mass is 399 g/mol. The SMILES string of the molecule is COC(=O)[C@@H](NC(=O)[C@@H](Cc1ccc(C#N)cc1)C(=O)N(C)C)C1CCCCC1. The molecule has 1 aromatic rings. The molecule has 156 valence electrons. The van der Waals surface area contributed by atoms with Crippen molar-refractivity contribution in [1.82, 2.24) is 10.2 Å². The molecule has 0 unspecified atom stereocenters. The highest BCUT2D eigenvalue weighted by molar-refractivity contribution is 6.01. The lowest BCUT2D eigenvalue weighted by molar-refractivity contribution is -0.149. The molecule has 2 atom stereocenters. The Kier molecular flexibility index (Phi) is 8.20. The van der Waals surface area contributed by atoms with Gasteiger partial charge in [-0.15, -0.1) is 0 Å². The molecule has 1 saturated carbocycles. The molecule has 2 amide bonds. The number of carbonyl (C=O) groups excluding carboxylic acids is 3. The van der Waals surface area contributed by atoms with Crippen molar-refractivity contribution in [3.05, 3.63) is 35.4 Å². The number of nitriles is 1. The maximum absolute atomic E-state index is 13.1. The van der Waals surface area contributed by atoms with Crippen LogP contribution in [0.25, 0.3) is 0 Å². The Balaban J connectivity index is 2.20. The number of amides is 2.